The fourth-order valence-corrected chi connectivity index (χ4v) is 3.65. The fourth-order valence-electron chi connectivity index (χ4n) is 3.65. The number of aliphatic hydroxyl groups excluding tert-OH is 1. The Morgan fingerprint density at radius 2 is 2.24 bits per heavy atom. The molecule has 1 N–H and O–H groups in total. The molecule has 21 heavy (non-hydrogen) atoms. The first-order valence-electron chi connectivity index (χ1n) is 7.67. The number of carbonyl (C=O) groups excluding carboxylic acids is 1. The summed E-state index contributed by atoms with van der Waals surface area (Å²) in [5, 5.41) is 8.84. The molecular weight excluding hydrogens is 264 g/mol. The van der Waals surface area contributed by atoms with Crippen molar-refractivity contribution >= 4 is 5.91 Å². The van der Waals surface area contributed by atoms with Gasteiger partial charge in [0.15, 0.2) is 0 Å². The molecule has 3 rings (SSSR count). The summed E-state index contributed by atoms with van der Waals surface area (Å²) >= 11 is 0. The Hall–Kier alpha value is -1.86. The van der Waals surface area contributed by atoms with Gasteiger partial charge in [-0.2, -0.15) is 0 Å². The molecule has 1 aromatic rings. The van der Waals surface area contributed by atoms with E-state index in [0.29, 0.717) is 23.2 Å². The molecule has 2 fully saturated rings. The number of aromatic nitrogens is 1. The van der Waals surface area contributed by atoms with E-state index in [9.17, 15) is 4.79 Å². The lowest BCUT2D eigenvalue weighted by molar-refractivity contribution is 0.0542. The van der Waals surface area contributed by atoms with Gasteiger partial charge in [-0.25, -0.2) is 4.98 Å². The lowest BCUT2D eigenvalue weighted by Crippen LogP contribution is -2.46. The molecule has 1 amide bonds. The van der Waals surface area contributed by atoms with E-state index in [0.717, 1.165) is 19.4 Å². The van der Waals surface area contributed by atoms with E-state index < -0.39 is 0 Å². The van der Waals surface area contributed by atoms with E-state index >= 15 is 0 Å². The zero-order valence-electron chi connectivity index (χ0n) is 12.1. The summed E-state index contributed by atoms with van der Waals surface area (Å²) in [6.45, 7) is 0.611. The normalized spacial score (nSPS) is 24.1. The zero-order valence-corrected chi connectivity index (χ0v) is 12.1. The Kier molecular flexibility index (Phi) is 4.21. The third-order valence-corrected chi connectivity index (χ3v) is 4.57. The summed E-state index contributed by atoms with van der Waals surface area (Å²) in [6.07, 6.45) is 7.53. The largest absolute Gasteiger partial charge is 0.384 e. The Bertz CT molecular complexity index is 588. The molecule has 0 radical (unpaired) electrons. The number of aliphatic hydroxyl groups is 1. The molecule has 0 spiro atoms. The number of fused-ring (bicyclic) bond motifs is 1. The average Bonchev–Trinajstić information content (AvgIpc) is 3.01. The molecule has 0 aromatic carbocycles. The Balaban J connectivity index is 1.88. The van der Waals surface area contributed by atoms with Gasteiger partial charge in [0.05, 0.1) is 5.56 Å². The number of piperidine rings is 1. The van der Waals surface area contributed by atoms with Crippen molar-refractivity contribution < 1.29 is 9.90 Å². The molecule has 1 saturated carbocycles. The standard InChI is InChI=1S/C17H20N2O2/c20-12-4-8-14-6-2-10-18-16(14)17(21)19-11-3-7-13-5-1-9-15(13)19/h2,6,10,13,15,20H,1,3,5,7,9,11-12H2. The van der Waals surface area contributed by atoms with Crippen LogP contribution in [-0.4, -0.2) is 40.1 Å². The van der Waals surface area contributed by atoms with Gasteiger partial charge in [0.25, 0.3) is 5.91 Å². The highest BCUT2D eigenvalue weighted by molar-refractivity contribution is 5.95. The lowest BCUT2D eigenvalue weighted by Gasteiger charge is -2.37. The lowest BCUT2D eigenvalue weighted by atomic mass is 9.91. The minimum absolute atomic E-state index is 0.00515. The molecule has 1 aliphatic carbocycles. The van der Waals surface area contributed by atoms with Gasteiger partial charge >= 0.3 is 0 Å². The molecule has 2 atom stereocenters. The van der Waals surface area contributed by atoms with Crippen molar-refractivity contribution in [3.05, 3.63) is 29.6 Å². The van der Waals surface area contributed by atoms with Gasteiger partial charge < -0.3 is 10.0 Å². The molecular formula is C17H20N2O2. The minimum atomic E-state index is -0.211. The Labute approximate surface area is 125 Å². The molecule has 110 valence electrons. The third-order valence-electron chi connectivity index (χ3n) is 4.57. The first-order valence-corrected chi connectivity index (χ1v) is 7.67. The Morgan fingerprint density at radius 3 is 3.10 bits per heavy atom. The fraction of sp³-hybridized carbons (Fsp3) is 0.529. The van der Waals surface area contributed by atoms with Crippen LogP contribution in [0.3, 0.4) is 0 Å². The highest BCUT2D eigenvalue weighted by atomic mass is 16.2. The monoisotopic (exact) mass is 284 g/mol. The molecule has 2 heterocycles. The van der Waals surface area contributed by atoms with Gasteiger partial charge in [-0.1, -0.05) is 18.3 Å². The molecule has 4 nitrogen and oxygen atoms in total. The van der Waals surface area contributed by atoms with Crippen LogP contribution >= 0.6 is 0 Å². The van der Waals surface area contributed by atoms with Gasteiger partial charge in [-0.05, 0) is 43.7 Å². The number of amides is 1. The minimum Gasteiger partial charge on any atom is -0.384 e. The highest BCUT2D eigenvalue weighted by Crippen LogP contribution is 2.37. The quantitative estimate of drug-likeness (QED) is 0.801. The molecule has 0 bridgehead atoms. The summed E-state index contributed by atoms with van der Waals surface area (Å²) in [6, 6.07) is 3.94. The topological polar surface area (TPSA) is 53.4 Å². The summed E-state index contributed by atoms with van der Waals surface area (Å²) in [7, 11) is 0. The van der Waals surface area contributed by atoms with Crippen LogP contribution in [0.4, 0.5) is 0 Å². The van der Waals surface area contributed by atoms with Gasteiger partial charge in [0, 0.05) is 18.8 Å². The molecule has 2 unspecified atom stereocenters. The summed E-state index contributed by atoms with van der Waals surface area (Å²) in [5.74, 6) is 6.10. The molecule has 4 heteroatoms. The van der Waals surface area contributed by atoms with Crippen LogP contribution in [0.2, 0.25) is 0 Å². The predicted molar refractivity (Wildman–Crippen MR) is 79.6 cm³/mol. The van der Waals surface area contributed by atoms with Crippen LogP contribution in [0.15, 0.2) is 18.3 Å². The molecule has 1 aromatic heterocycles. The van der Waals surface area contributed by atoms with Crippen LogP contribution in [-0.2, 0) is 0 Å². The van der Waals surface area contributed by atoms with Crippen molar-refractivity contribution in [3.63, 3.8) is 0 Å². The first-order chi connectivity index (χ1) is 10.3. The van der Waals surface area contributed by atoms with E-state index in [1.165, 1.54) is 19.3 Å². The smallest absolute Gasteiger partial charge is 0.274 e. The number of carbonyl (C=O) groups is 1. The number of rotatable bonds is 1. The van der Waals surface area contributed by atoms with E-state index in [4.69, 9.17) is 5.11 Å². The van der Waals surface area contributed by atoms with Gasteiger partial charge in [0.2, 0.25) is 0 Å². The van der Waals surface area contributed by atoms with E-state index in [-0.39, 0.29) is 12.5 Å². The van der Waals surface area contributed by atoms with Crippen molar-refractivity contribution in [2.45, 2.75) is 38.1 Å². The highest BCUT2D eigenvalue weighted by Gasteiger charge is 2.38. The summed E-state index contributed by atoms with van der Waals surface area (Å²) in [4.78, 5) is 19.1. The summed E-state index contributed by atoms with van der Waals surface area (Å²) in [5.41, 5.74) is 1.03. The van der Waals surface area contributed by atoms with Crippen LogP contribution < -0.4 is 0 Å². The third kappa shape index (κ3) is 2.79. The van der Waals surface area contributed by atoms with Crippen LogP contribution in [0.25, 0.3) is 0 Å². The van der Waals surface area contributed by atoms with Crippen LogP contribution in [0, 0.1) is 17.8 Å². The van der Waals surface area contributed by atoms with Crippen molar-refractivity contribution in [2.24, 2.45) is 5.92 Å². The maximum absolute atomic E-state index is 12.9. The molecule has 2 aliphatic rings. The van der Waals surface area contributed by atoms with Crippen molar-refractivity contribution in [2.75, 3.05) is 13.2 Å². The second-order valence-corrected chi connectivity index (χ2v) is 5.76. The van der Waals surface area contributed by atoms with E-state index in [1.54, 1.807) is 18.3 Å². The van der Waals surface area contributed by atoms with Crippen LogP contribution in [0.5, 0.6) is 0 Å². The number of hydrogen-bond acceptors (Lipinski definition) is 3. The number of hydrogen-bond donors (Lipinski definition) is 1. The number of nitrogens with zero attached hydrogens (tertiary/aromatic N) is 2. The maximum Gasteiger partial charge on any atom is 0.274 e. The van der Waals surface area contributed by atoms with Crippen molar-refractivity contribution in [3.8, 4) is 11.8 Å². The van der Waals surface area contributed by atoms with Gasteiger partial charge in [-0.3, -0.25) is 4.79 Å². The zero-order chi connectivity index (χ0) is 14.7. The van der Waals surface area contributed by atoms with Crippen molar-refractivity contribution in [1.82, 2.24) is 9.88 Å². The van der Waals surface area contributed by atoms with E-state index in [1.807, 2.05) is 4.90 Å². The molecule has 1 saturated heterocycles. The van der Waals surface area contributed by atoms with E-state index in [2.05, 4.69) is 16.8 Å². The SMILES string of the molecule is O=C(c1ncccc1C#CCO)N1CCCC2CCCC21. The number of likely N-dealkylation sites (tertiary alicyclic amines) is 1. The molecule has 1 aliphatic heterocycles. The Morgan fingerprint density at radius 1 is 1.38 bits per heavy atom. The van der Waals surface area contributed by atoms with Crippen LogP contribution in [0.1, 0.15) is 48.2 Å². The average molecular weight is 284 g/mol. The van der Waals surface area contributed by atoms with Crippen molar-refractivity contribution in [1.29, 1.82) is 0 Å². The van der Waals surface area contributed by atoms with Gasteiger partial charge in [0.1, 0.15) is 12.3 Å². The summed E-state index contributed by atoms with van der Waals surface area (Å²) < 4.78 is 0. The predicted octanol–water partition coefficient (Wildman–Crippen LogP) is 1.83. The number of pyridine rings is 1. The second kappa shape index (κ2) is 6.28. The second-order valence-electron chi connectivity index (χ2n) is 5.76. The maximum atomic E-state index is 12.9. The van der Waals surface area contributed by atoms with Gasteiger partial charge in [-0.15, -0.1) is 0 Å². The first kappa shape index (κ1) is 14.1.